The molecule has 2 fully saturated rings. The summed E-state index contributed by atoms with van der Waals surface area (Å²) in [5.74, 6) is -0.449. The highest BCUT2D eigenvalue weighted by atomic mass is 16.6. The van der Waals surface area contributed by atoms with Gasteiger partial charge in [-0.1, -0.05) is 13.2 Å². The van der Waals surface area contributed by atoms with E-state index in [1.807, 2.05) is 0 Å². The highest BCUT2D eigenvalue weighted by molar-refractivity contribution is 5.92. The standard InChI is InChI=1S/C36H34O10/c1-4-31(37)45-35(17-6-18-35)22-41-27-13-9-26(10-14-27)34(40)44-30-16-15-29(21-24(30)3)43-33(39)25-7-11-28(12-8-25)42-23-36(19-20-36)46-32(38)5-2/h4-5,7-16,21H,1-2,6,17-20,22-23H2,3H3. The number of hydrogen-bond donors (Lipinski definition) is 0. The molecule has 2 aliphatic rings. The summed E-state index contributed by atoms with van der Waals surface area (Å²) in [5.41, 5.74) is -0.0470. The number of ether oxygens (including phenoxy) is 6. The first-order chi connectivity index (χ1) is 22.1. The van der Waals surface area contributed by atoms with Gasteiger partial charge in [-0.25, -0.2) is 19.2 Å². The van der Waals surface area contributed by atoms with Crippen LogP contribution in [0.3, 0.4) is 0 Å². The molecule has 238 valence electrons. The zero-order valence-corrected chi connectivity index (χ0v) is 25.5. The van der Waals surface area contributed by atoms with Crippen molar-refractivity contribution in [1.82, 2.24) is 0 Å². The smallest absolute Gasteiger partial charge is 0.343 e. The normalized spacial score (nSPS) is 15.2. The Kier molecular flexibility index (Phi) is 9.55. The summed E-state index contributed by atoms with van der Waals surface area (Å²) in [4.78, 5) is 48.7. The van der Waals surface area contributed by atoms with Gasteiger partial charge >= 0.3 is 23.9 Å². The van der Waals surface area contributed by atoms with Gasteiger partial charge in [0, 0.05) is 12.2 Å². The highest BCUT2D eigenvalue weighted by Gasteiger charge is 2.47. The number of rotatable bonds is 14. The summed E-state index contributed by atoms with van der Waals surface area (Å²) in [6.45, 7) is 9.00. The molecule has 10 heteroatoms. The predicted molar refractivity (Wildman–Crippen MR) is 166 cm³/mol. The van der Waals surface area contributed by atoms with Crippen LogP contribution in [-0.4, -0.2) is 48.3 Å². The molecule has 0 spiro atoms. The summed E-state index contributed by atoms with van der Waals surface area (Å²) < 4.78 is 33.5. The largest absolute Gasteiger partial charge is 0.489 e. The second-order valence-electron chi connectivity index (χ2n) is 11.3. The molecule has 46 heavy (non-hydrogen) atoms. The molecular weight excluding hydrogens is 592 g/mol. The third-order valence-electron chi connectivity index (χ3n) is 7.78. The fourth-order valence-electron chi connectivity index (χ4n) is 4.70. The van der Waals surface area contributed by atoms with E-state index >= 15 is 0 Å². The quantitative estimate of drug-likeness (QED) is 0.118. The van der Waals surface area contributed by atoms with Gasteiger partial charge < -0.3 is 28.4 Å². The van der Waals surface area contributed by atoms with Crippen LogP contribution in [-0.2, 0) is 19.1 Å². The van der Waals surface area contributed by atoms with Gasteiger partial charge in [0.1, 0.15) is 47.4 Å². The lowest BCUT2D eigenvalue weighted by Gasteiger charge is -2.40. The molecule has 0 amide bonds. The van der Waals surface area contributed by atoms with Crippen LogP contribution in [0.15, 0.2) is 92.0 Å². The van der Waals surface area contributed by atoms with Crippen LogP contribution < -0.4 is 18.9 Å². The second-order valence-corrected chi connectivity index (χ2v) is 11.3. The van der Waals surface area contributed by atoms with Gasteiger partial charge in [-0.15, -0.1) is 0 Å². The van der Waals surface area contributed by atoms with Crippen LogP contribution in [0.1, 0.15) is 58.4 Å². The summed E-state index contributed by atoms with van der Waals surface area (Å²) in [7, 11) is 0. The van der Waals surface area contributed by atoms with Crippen LogP contribution in [0.2, 0.25) is 0 Å². The topological polar surface area (TPSA) is 124 Å². The molecule has 3 aromatic carbocycles. The average molecular weight is 627 g/mol. The first kappa shape index (κ1) is 32.0. The van der Waals surface area contributed by atoms with E-state index in [9.17, 15) is 19.2 Å². The molecule has 2 aliphatic carbocycles. The SMILES string of the molecule is C=CC(=O)OC1(COc2ccc(C(=O)Oc3ccc(OC(=O)c4ccc(OCC5(OC(=O)C=C)CC5)cc4)cc3C)cc2)CCC1. The predicted octanol–water partition coefficient (Wildman–Crippen LogP) is 6.10. The van der Waals surface area contributed by atoms with Crippen molar-refractivity contribution in [3.8, 4) is 23.0 Å². The monoisotopic (exact) mass is 626 g/mol. The Morgan fingerprint density at radius 3 is 1.52 bits per heavy atom. The van der Waals surface area contributed by atoms with Crippen LogP contribution in [0.25, 0.3) is 0 Å². The Bertz CT molecular complexity index is 1630. The lowest BCUT2D eigenvalue weighted by atomic mass is 9.80. The lowest BCUT2D eigenvalue weighted by Crippen LogP contribution is -2.46. The molecule has 0 saturated heterocycles. The van der Waals surface area contributed by atoms with Crippen molar-refractivity contribution in [3.63, 3.8) is 0 Å². The molecule has 3 aromatic rings. The zero-order valence-electron chi connectivity index (χ0n) is 25.5. The number of esters is 4. The number of hydrogen-bond acceptors (Lipinski definition) is 10. The van der Waals surface area contributed by atoms with Crippen molar-refractivity contribution in [1.29, 1.82) is 0 Å². The van der Waals surface area contributed by atoms with Gasteiger partial charge in [-0.3, -0.25) is 0 Å². The van der Waals surface area contributed by atoms with E-state index in [0.29, 0.717) is 33.9 Å². The van der Waals surface area contributed by atoms with E-state index in [4.69, 9.17) is 28.4 Å². The molecule has 0 aliphatic heterocycles. The Hall–Kier alpha value is -5.38. The molecule has 0 aromatic heterocycles. The molecule has 5 rings (SSSR count). The van der Waals surface area contributed by atoms with Crippen molar-refractivity contribution in [2.24, 2.45) is 0 Å². The maximum absolute atomic E-state index is 12.8. The molecule has 0 bridgehead atoms. The van der Waals surface area contributed by atoms with E-state index < -0.39 is 35.1 Å². The summed E-state index contributed by atoms with van der Waals surface area (Å²) in [6, 6.07) is 17.6. The number of benzene rings is 3. The minimum atomic E-state index is -0.647. The first-order valence-corrected chi connectivity index (χ1v) is 14.8. The van der Waals surface area contributed by atoms with E-state index in [1.54, 1.807) is 67.6 Å². The molecular formula is C36H34O10. The van der Waals surface area contributed by atoms with E-state index in [0.717, 1.165) is 44.3 Å². The van der Waals surface area contributed by atoms with Crippen molar-refractivity contribution in [2.45, 2.75) is 50.2 Å². The fourth-order valence-corrected chi connectivity index (χ4v) is 4.70. The number of carbonyl (C=O) groups excluding carboxylic acids is 4. The Morgan fingerprint density at radius 2 is 1.11 bits per heavy atom. The van der Waals surface area contributed by atoms with E-state index in [2.05, 4.69) is 13.2 Å². The number of carbonyl (C=O) groups is 4. The minimum Gasteiger partial charge on any atom is -0.489 e. The summed E-state index contributed by atoms with van der Waals surface area (Å²) in [5, 5.41) is 0. The second kappa shape index (κ2) is 13.7. The average Bonchev–Trinajstić information content (AvgIpc) is 3.81. The Labute approximate surface area is 266 Å². The third kappa shape index (κ3) is 8.01. The van der Waals surface area contributed by atoms with E-state index in [1.165, 1.54) is 6.07 Å². The molecule has 0 radical (unpaired) electrons. The van der Waals surface area contributed by atoms with Crippen LogP contribution in [0.5, 0.6) is 23.0 Å². The van der Waals surface area contributed by atoms with Gasteiger partial charge in [0.15, 0.2) is 0 Å². The van der Waals surface area contributed by atoms with Crippen LogP contribution >= 0.6 is 0 Å². The Balaban J connectivity index is 1.10. The molecule has 10 nitrogen and oxygen atoms in total. The Morgan fingerprint density at radius 1 is 0.652 bits per heavy atom. The first-order valence-electron chi connectivity index (χ1n) is 14.8. The van der Waals surface area contributed by atoms with Gasteiger partial charge in [0.25, 0.3) is 0 Å². The van der Waals surface area contributed by atoms with Crippen LogP contribution in [0.4, 0.5) is 0 Å². The van der Waals surface area contributed by atoms with E-state index in [-0.39, 0.29) is 19.0 Å². The van der Waals surface area contributed by atoms with Crippen molar-refractivity contribution in [2.75, 3.05) is 13.2 Å². The maximum atomic E-state index is 12.8. The molecule has 0 heterocycles. The number of aryl methyl sites for hydroxylation is 1. The van der Waals surface area contributed by atoms with Crippen molar-refractivity contribution >= 4 is 23.9 Å². The molecule has 0 atom stereocenters. The third-order valence-corrected chi connectivity index (χ3v) is 7.78. The molecule has 0 N–H and O–H groups in total. The minimum absolute atomic E-state index is 0.212. The van der Waals surface area contributed by atoms with Gasteiger partial charge in [0.05, 0.1) is 11.1 Å². The van der Waals surface area contributed by atoms with Gasteiger partial charge in [0.2, 0.25) is 0 Å². The molecule has 0 unspecified atom stereocenters. The summed E-state index contributed by atoms with van der Waals surface area (Å²) in [6.07, 6.45) is 6.09. The van der Waals surface area contributed by atoms with Gasteiger partial charge in [-0.05, 0) is 111 Å². The zero-order chi connectivity index (χ0) is 32.7. The molecule has 2 saturated carbocycles. The van der Waals surface area contributed by atoms with Crippen molar-refractivity contribution < 1.29 is 47.6 Å². The van der Waals surface area contributed by atoms with Crippen molar-refractivity contribution in [3.05, 3.63) is 109 Å². The van der Waals surface area contributed by atoms with Gasteiger partial charge in [-0.2, -0.15) is 0 Å². The lowest BCUT2D eigenvalue weighted by molar-refractivity contribution is -0.168. The van der Waals surface area contributed by atoms with Crippen LogP contribution in [0, 0.1) is 6.92 Å². The summed E-state index contributed by atoms with van der Waals surface area (Å²) >= 11 is 0. The highest BCUT2D eigenvalue weighted by Crippen LogP contribution is 2.40. The maximum Gasteiger partial charge on any atom is 0.343 e. The fraction of sp³-hybridized carbons (Fsp3) is 0.278.